The fourth-order valence-electron chi connectivity index (χ4n) is 2.00. The third-order valence-electron chi connectivity index (χ3n) is 3.17. The fourth-order valence-corrected chi connectivity index (χ4v) is 2.19. The zero-order valence-electron chi connectivity index (χ0n) is 12.9. The molecule has 2 aromatic carbocycles. The SMILES string of the molecule is CC(=O)N/C(=C\c1ccccc1C)C(=O)Nc1ccccc1Cl. The number of hydrogen-bond donors (Lipinski definition) is 2. The van der Waals surface area contributed by atoms with E-state index in [4.69, 9.17) is 11.6 Å². The minimum atomic E-state index is -0.434. The molecule has 0 aliphatic heterocycles. The van der Waals surface area contributed by atoms with Crippen LogP contribution in [-0.2, 0) is 9.59 Å². The smallest absolute Gasteiger partial charge is 0.272 e. The van der Waals surface area contributed by atoms with Gasteiger partial charge >= 0.3 is 0 Å². The first kappa shape index (κ1) is 16.8. The molecule has 0 aliphatic carbocycles. The van der Waals surface area contributed by atoms with Crippen molar-refractivity contribution in [1.82, 2.24) is 5.32 Å². The molecule has 2 amide bonds. The monoisotopic (exact) mass is 328 g/mol. The van der Waals surface area contributed by atoms with Crippen LogP contribution in [0.5, 0.6) is 0 Å². The van der Waals surface area contributed by atoms with E-state index in [9.17, 15) is 9.59 Å². The molecule has 0 unspecified atom stereocenters. The lowest BCUT2D eigenvalue weighted by molar-refractivity contribution is -0.120. The molecular weight excluding hydrogens is 312 g/mol. The van der Waals surface area contributed by atoms with Crippen molar-refractivity contribution in [2.45, 2.75) is 13.8 Å². The van der Waals surface area contributed by atoms with Crippen molar-refractivity contribution in [1.29, 1.82) is 0 Å². The molecule has 0 radical (unpaired) electrons. The molecule has 4 nitrogen and oxygen atoms in total. The van der Waals surface area contributed by atoms with Crippen molar-refractivity contribution in [2.24, 2.45) is 0 Å². The maximum Gasteiger partial charge on any atom is 0.272 e. The van der Waals surface area contributed by atoms with Crippen LogP contribution in [0.25, 0.3) is 6.08 Å². The summed E-state index contributed by atoms with van der Waals surface area (Å²) in [5.41, 5.74) is 2.50. The zero-order valence-corrected chi connectivity index (χ0v) is 13.6. The second-order valence-electron chi connectivity index (χ2n) is 5.03. The molecule has 2 N–H and O–H groups in total. The molecular formula is C18H17ClN2O2. The molecule has 5 heteroatoms. The number of carbonyl (C=O) groups is 2. The molecule has 0 heterocycles. The Morgan fingerprint density at radius 2 is 1.70 bits per heavy atom. The van der Waals surface area contributed by atoms with E-state index in [1.54, 1.807) is 30.3 Å². The van der Waals surface area contributed by atoms with E-state index in [1.807, 2.05) is 31.2 Å². The number of hydrogen-bond acceptors (Lipinski definition) is 2. The maximum atomic E-state index is 12.5. The van der Waals surface area contributed by atoms with Crippen LogP contribution in [0.2, 0.25) is 5.02 Å². The van der Waals surface area contributed by atoms with Gasteiger partial charge in [-0.15, -0.1) is 0 Å². The highest BCUT2D eigenvalue weighted by Gasteiger charge is 2.13. The molecule has 0 bridgehead atoms. The number of carbonyl (C=O) groups excluding carboxylic acids is 2. The van der Waals surface area contributed by atoms with Gasteiger partial charge in [0.15, 0.2) is 0 Å². The molecule has 0 fully saturated rings. The van der Waals surface area contributed by atoms with Crippen molar-refractivity contribution >= 4 is 35.2 Å². The van der Waals surface area contributed by atoms with Crippen LogP contribution in [0.4, 0.5) is 5.69 Å². The average Bonchev–Trinajstić information content (AvgIpc) is 2.50. The van der Waals surface area contributed by atoms with Crippen molar-refractivity contribution in [3.8, 4) is 0 Å². The second-order valence-corrected chi connectivity index (χ2v) is 5.44. The summed E-state index contributed by atoms with van der Waals surface area (Å²) in [6.07, 6.45) is 1.64. The third-order valence-corrected chi connectivity index (χ3v) is 3.50. The highest BCUT2D eigenvalue weighted by molar-refractivity contribution is 6.34. The Bertz CT molecular complexity index is 769. The topological polar surface area (TPSA) is 58.2 Å². The Morgan fingerprint density at radius 1 is 1.04 bits per heavy atom. The van der Waals surface area contributed by atoms with E-state index >= 15 is 0 Å². The highest BCUT2D eigenvalue weighted by Crippen LogP contribution is 2.21. The van der Waals surface area contributed by atoms with Gasteiger partial charge in [-0.3, -0.25) is 9.59 Å². The minimum absolute atomic E-state index is 0.159. The first-order chi connectivity index (χ1) is 11.0. The average molecular weight is 329 g/mol. The molecule has 23 heavy (non-hydrogen) atoms. The Balaban J connectivity index is 2.31. The predicted octanol–water partition coefficient (Wildman–Crippen LogP) is 3.76. The lowest BCUT2D eigenvalue weighted by atomic mass is 10.1. The van der Waals surface area contributed by atoms with Crippen molar-refractivity contribution < 1.29 is 9.59 Å². The van der Waals surface area contributed by atoms with Gasteiger partial charge in [-0.05, 0) is 36.3 Å². The van der Waals surface area contributed by atoms with Crippen LogP contribution < -0.4 is 10.6 Å². The van der Waals surface area contributed by atoms with Gasteiger partial charge in [-0.1, -0.05) is 48.0 Å². The summed E-state index contributed by atoms with van der Waals surface area (Å²) in [6.45, 7) is 3.29. The van der Waals surface area contributed by atoms with E-state index in [0.29, 0.717) is 10.7 Å². The number of nitrogens with one attached hydrogen (secondary N) is 2. The van der Waals surface area contributed by atoms with E-state index in [0.717, 1.165) is 11.1 Å². The Kier molecular flexibility index (Phi) is 5.55. The molecule has 2 rings (SSSR count). The molecule has 2 aromatic rings. The normalized spacial score (nSPS) is 11.0. The molecule has 0 aliphatic rings. The Hall–Kier alpha value is -2.59. The summed E-state index contributed by atoms with van der Waals surface area (Å²) < 4.78 is 0. The van der Waals surface area contributed by atoms with Crippen LogP contribution >= 0.6 is 11.6 Å². The van der Waals surface area contributed by atoms with Crippen LogP contribution in [0.15, 0.2) is 54.2 Å². The molecule has 0 spiro atoms. The number of anilines is 1. The molecule has 0 saturated heterocycles. The minimum Gasteiger partial charge on any atom is -0.322 e. The first-order valence-corrected chi connectivity index (χ1v) is 7.46. The Morgan fingerprint density at radius 3 is 2.35 bits per heavy atom. The van der Waals surface area contributed by atoms with Crippen molar-refractivity contribution in [3.63, 3.8) is 0 Å². The van der Waals surface area contributed by atoms with Gasteiger partial charge in [0.05, 0.1) is 10.7 Å². The molecule has 118 valence electrons. The summed E-state index contributed by atoms with van der Waals surface area (Å²) in [7, 11) is 0. The quantitative estimate of drug-likeness (QED) is 0.839. The third kappa shape index (κ3) is 4.69. The van der Waals surface area contributed by atoms with Gasteiger partial charge in [-0.2, -0.15) is 0 Å². The second kappa shape index (κ2) is 7.61. The lowest BCUT2D eigenvalue weighted by Crippen LogP contribution is -2.29. The number of halogens is 1. The van der Waals surface area contributed by atoms with Gasteiger partial charge in [-0.25, -0.2) is 0 Å². The lowest BCUT2D eigenvalue weighted by Gasteiger charge is -2.11. The van der Waals surface area contributed by atoms with E-state index in [1.165, 1.54) is 6.92 Å². The van der Waals surface area contributed by atoms with Gasteiger partial charge in [0.25, 0.3) is 5.91 Å². The number of benzene rings is 2. The number of amides is 2. The van der Waals surface area contributed by atoms with Crippen LogP contribution in [0.1, 0.15) is 18.1 Å². The molecule has 0 aromatic heterocycles. The zero-order chi connectivity index (χ0) is 16.8. The first-order valence-electron chi connectivity index (χ1n) is 7.08. The van der Waals surface area contributed by atoms with Gasteiger partial charge < -0.3 is 10.6 Å². The van der Waals surface area contributed by atoms with E-state index in [-0.39, 0.29) is 11.6 Å². The highest BCUT2D eigenvalue weighted by atomic mass is 35.5. The summed E-state index contributed by atoms with van der Waals surface area (Å²) in [6, 6.07) is 14.5. The Labute approximate surface area is 140 Å². The molecule has 0 saturated carbocycles. The number of para-hydroxylation sites is 1. The largest absolute Gasteiger partial charge is 0.322 e. The fraction of sp³-hybridized carbons (Fsp3) is 0.111. The van der Waals surface area contributed by atoms with Gasteiger partial charge in [0, 0.05) is 6.92 Å². The van der Waals surface area contributed by atoms with E-state index in [2.05, 4.69) is 10.6 Å². The van der Waals surface area contributed by atoms with Crippen molar-refractivity contribution in [3.05, 3.63) is 70.4 Å². The summed E-state index contributed by atoms with van der Waals surface area (Å²) in [5.74, 6) is -0.754. The van der Waals surface area contributed by atoms with Crippen LogP contribution in [-0.4, -0.2) is 11.8 Å². The standard InChI is InChI=1S/C18H17ClN2O2/c1-12-7-3-4-8-14(12)11-17(20-13(2)22)18(23)21-16-10-6-5-9-15(16)19/h3-11H,1-2H3,(H,20,22)(H,21,23)/b17-11-. The summed E-state index contributed by atoms with van der Waals surface area (Å²) in [4.78, 5) is 23.9. The van der Waals surface area contributed by atoms with E-state index < -0.39 is 5.91 Å². The van der Waals surface area contributed by atoms with Crippen LogP contribution in [0, 0.1) is 6.92 Å². The predicted molar refractivity (Wildman–Crippen MR) is 93.1 cm³/mol. The number of rotatable bonds is 4. The van der Waals surface area contributed by atoms with Gasteiger partial charge in [0.1, 0.15) is 5.70 Å². The summed E-state index contributed by atoms with van der Waals surface area (Å²) in [5, 5.41) is 5.69. The molecule has 0 atom stereocenters. The van der Waals surface area contributed by atoms with Gasteiger partial charge in [0.2, 0.25) is 5.91 Å². The maximum absolute atomic E-state index is 12.5. The number of aryl methyl sites for hydroxylation is 1. The summed E-state index contributed by atoms with van der Waals surface area (Å²) >= 11 is 6.04. The van der Waals surface area contributed by atoms with Crippen molar-refractivity contribution in [2.75, 3.05) is 5.32 Å². The van der Waals surface area contributed by atoms with Crippen LogP contribution in [0.3, 0.4) is 0 Å².